The Morgan fingerprint density at radius 2 is 2.12 bits per heavy atom. The zero-order valence-corrected chi connectivity index (χ0v) is 15.0. The maximum Gasteiger partial charge on any atom is 0.211 e. The summed E-state index contributed by atoms with van der Waals surface area (Å²) in [6.45, 7) is 0.125. The molecule has 0 aliphatic rings. The maximum absolute atomic E-state index is 11.6. The number of nitrogens with zero attached hydrogens (tertiary/aromatic N) is 5. The van der Waals surface area contributed by atoms with E-state index in [1.165, 1.54) is 11.4 Å². The van der Waals surface area contributed by atoms with Gasteiger partial charge in [-0.25, -0.2) is 23.1 Å². The zero-order chi connectivity index (χ0) is 18.5. The van der Waals surface area contributed by atoms with E-state index >= 15 is 0 Å². The summed E-state index contributed by atoms with van der Waals surface area (Å²) >= 11 is 0. The Bertz CT molecular complexity index is 1210. The fourth-order valence-corrected chi connectivity index (χ4v) is 3.13. The average Bonchev–Trinajstić information content (AvgIpc) is 3.23. The molecule has 9 nitrogen and oxygen atoms in total. The van der Waals surface area contributed by atoms with Gasteiger partial charge in [0.25, 0.3) is 0 Å². The van der Waals surface area contributed by atoms with Crippen LogP contribution in [-0.2, 0) is 16.6 Å². The number of nitrogen functional groups attached to an aromatic ring is 1. The monoisotopic (exact) mass is 371 g/mol. The number of nitrogens with one attached hydrogen (secondary N) is 1. The number of hydrogen-bond acceptors (Lipinski definition) is 6. The first kappa shape index (κ1) is 16.5. The van der Waals surface area contributed by atoms with E-state index < -0.39 is 10.0 Å². The Labute approximate surface area is 149 Å². The molecule has 0 unspecified atom stereocenters. The predicted molar refractivity (Wildman–Crippen MR) is 99.2 cm³/mol. The van der Waals surface area contributed by atoms with Crippen molar-refractivity contribution in [1.29, 1.82) is 0 Å². The molecule has 0 saturated heterocycles. The van der Waals surface area contributed by atoms with E-state index in [2.05, 4.69) is 20.1 Å². The van der Waals surface area contributed by atoms with Crippen LogP contribution in [0.2, 0.25) is 0 Å². The molecule has 0 saturated carbocycles. The Morgan fingerprint density at radius 1 is 1.31 bits per heavy atom. The van der Waals surface area contributed by atoms with Crippen LogP contribution in [0.4, 0.5) is 5.82 Å². The van der Waals surface area contributed by atoms with Gasteiger partial charge in [-0.1, -0.05) is 0 Å². The first-order valence-electron chi connectivity index (χ1n) is 7.82. The molecule has 3 aromatic heterocycles. The SMILES string of the molecule is CN(Cc1nc2c(N)nc3cc(-n4cccn4)ccc3c2[nH]1)S(C)(=O)=O. The van der Waals surface area contributed by atoms with Gasteiger partial charge < -0.3 is 10.7 Å². The lowest BCUT2D eigenvalue weighted by Crippen LogP contribution is -2.25. The number of anilines is 1. The second kappa shape index (κ2) is 5.78. The molecule has 26 heavy (non-hydrogen) atoms. The minimum Gasteiger partial charge on any atom is -0.382 e. The summed E-state index contributed by atoms with van der Waals surface area (Å²) in [5.74, 6) is 0.791. The van der Waals surface area contributed by atoms with Crippen LogP contribution in [-0.4, -0.2) is 50.8 Å². The molecule has 0 fully saturated rings. The largest absolute Gasteiger partial charge is 0.382 e. The van der Waals surface area contributed by atoms with E-state index in [1.54, 1.807) is 10.9 Å². The van der Waals surface area contributed by atoms with E-state index in [-0.39, 0.29) is 12.4 Å². The summed E-state index contributed by atoms with van der Waals surface area (Å²) in [5, 5.41) is 5.07. The molecule has 134 valence electrons. The number of pyridine rings is 1. The Morgan fingerprint density at radius 3 is 2.81 bits per heavy atom. The molecule has 0 radical (unpaired) electrons. The number of fused-ring (bicyclic) bond motifs is 3. The van der Waals surface area contributed by atoms with Gasteiger partial charge in [0.05, 0.1) is 29.5 Å². The van der Waals surface area contributed by atoms with Crippen molar-refractivity contribution in [3.05, 3.63) is 42.5 Å². The highest BCUT2D eigenvalue weighted by atomic mass is 32.2. The fraction of sp³-hybridized carbons (Fsp3) is 0.188. The van der Waals surface area contributed by atoms with Crippen molar-refractivity contribution in [1.82, 2.24) is 29.0 Å². The lowest BCUT2D eigenvalue weighted by molar-refractivity contribution is 0.464. The van der Waals surface area contributed by atoms with Crippen molar-refractivity contribution in [3.63, 3.8) is 0 Å². The second-order valence-corrected chi connectivity index (χ2v) is 8.16. The summed E-state index contributed by atoms with van der Waals surface area (Å²) in [5.41, 5.74) is 8.90. The van der Waals surface area contributed by atoms with Gasteiger partial charge in [-0.15, -0.1) is 0 Å². The van der Waals surface area contributed by atoms with Gasteiger partial charge in [-0.2, -0.15) is 9.40 Å². The summed E-state index contributed by atoms with van der Waals surface area (Å²) in [7, 11) is -1.81. The highest BCUT2D eigenvalue weighted by molar-refractivity contribution is 7.88. The lowest BCUT2D eigenvalue weighted by atomic mass is 10.1. The first-order valence-corrected chi connectivity index (χ1v) is 9.67. The van der Waals surface area contributed by atoms with Gasteiger partial charge in [-0.3, -0.25) is 0 Å². The smallest absolute Gasteiger partial charge is 0.211 e. The highest BCUT2D eigenvalue weighted by Gasteiger charge is 2.17. The van der Waals surface area contributed by atoms with Crippen LogP contribution in [0.1, 0.15) is 5.82 Å². The number of benzene rings is 1. The summed E-state index contributed by atoms with van der Waals surface area (Å²) in [6, 6.07) is 7.58. The molecule has 0 bridgehead atoms. The van der Waals surface area contributed by atoms with Crippen molar-refractivity contribution in [2.75, 3.05) is 19.0 Å². The molecule has 0 aliphatic heterocycles. The molecule has 3 N–H and O–H groups in total. The molecule has 10 heteroatoms. The van der Waals surface area contributed by atoms with Gasteiger partial charge in [-0.05, 0) is 24.3 Å². The Balaban J connectivity index is 1.84. The molecule has 4 rings (SSSR count). The van der Waals surface area contributed by atoms with Gasteiger partial charge in [0.15, 0.2) is 5.82 Å². The maximum atomic E-state index is 11.6. The third kappa shape index (κ3) is 2.78. The topological polar surface area (TPSA) is 123 Å². The van der Waals surface area contributed by atoms with Crippen LogP contribution in [0, 0.1) is 0 Å². The molecule has 0 atom stereocenters. The standard InChI is InChI=1S/C16H17N7O2S/c1-22(26(2,24)25)9-13-20-14-11-5-4-10(23-7-3-6-18-23)8-12(11)19-16(17)15(14)21-13/h3-8H,9H2,1-2H3,(H2,17,19)(H,20,21). The average molecular weight is 371 g/mol. The van der Waals surface area contributed by atoms with Crippen LogP contribution in [0.3, 0.4) is 0 Å². The summed E-state index contributed by atoms with van der Waals surface area (Å²) < 4.78 is 26.2. The third-order valence-electron chi connectivity index (χ3n) is 4.19. The van der Waals surface area contributed by atoms with Crippen molar-refractivity contribution >= 4 is 37.8 Å². The highest BCUT2D eigenvalue weighted by Crippen LogP contribution is 2.28. The van der Waals surface area contributed by atoms with Gasteiger partial charge >= 0.3 is 0 Å². The minimum absolute atomic E-state index is 0.125. The first-order chi connectivity index (χ1) is 12.3. The van der Waals surface area contributed by atoms with E-state index in [4.69, 9.17) is 5.73 Å². The van der Waals surface area contributed by atoms with E-state index in [9.17, 15) is 8.42 Å². The summed E-state index contributed by atoms with van der Waals surface area (Å²) in [6.07, 6.45) is 4.70. The predicted octanol–water partition coefficient (Wildman–Crippen LogP) is 1.27. The summed E-state index contributed by atoms with van der Waals surface area (Å²) in [4.78, 5) is 12.0. The quantitative estimate of drug-likeness (QED) is 0.557. The number of nitrogens with two attached hydrogens (primary N) is 1. The van der Waals surface area contributed by atoms with Crippen LogP contribution in [0.15, 0.2) is 36.7 Å². The number of sulfonamides is 1. The van der Waals surface area contributed by atoms with Gasteiger partial charge in [0, 0.05) is 24.8 Å². The molecule has 0 amide bonds. The Hall–Kier alpha value is -2.98. The van der Waals surface area contributed by atoms with E-state index in [1.807, 2.05) is 30.5 Å². The molecular weight excluding hydrogens is 354 g/mol. The minimum atomic E-state index is -3.31. The van der Waals surface area contributed by atoms with Crippen LogP contribution >= 0.6 is 0 Å². The zero-order valence-electron chi connectivity index (χ0n) is 14.2. The normalized spacial score (nSPS) is 12.4. The van der Waals surface area contributed by atoms with E-state index in [0.29, 0.717) is 16.9 Å². The molecular formula is C16H17N7O2S. The lowest BCUT2D eigenvalue weighted by Gasteiger charge is -2.11. The van der Waals surface area contributed by atoms with Crippen molar-refractivity contribution in [2.24, 2.45) is 0 Å². The van der Waals surface area contributed by atoms with Crippen LogP contribution < -0.4 is 5.73 Å². The van der Waals surface area contributed by atoms with Crippen molar-refractivity contribution < 1.29 is 8.42 Å². The Kier molecular flexibility index (Phi) is 3.67. The third-order valence-corrected chi connectivity index (χ3v) is 5.46. The van der Waals surface area contributed by atoms with Crippen LogP contribution in [0.5, 0.6) is 0 Å². The van der Waals surface area contributed by atoms with E-state index in [0.717, 1.165) is 22.8 Å². The molecule has 0 aliphatic carbocycles. The number of aromatic nitrogens is 5. The molecule has 1 aromatic carbocycles. The number of aromatic amines is 1. The van der Waals surface area contributed by atoms with Gasteiger partial charge in [0.2, 0.25) is 10.0 Å². The van der Waals surface area contributed by atoms with Crippen molar-refractivity contribution in [2.45, 2.75) is 6.54 Å². The van der Waals surface area contributed by atoms with Crippen molar-refractivity contribution in [3.8, 4) is 5.69 Å². The number of H-pyrrole nitrogens is 1. The number of hydrogen-bond donors (Lipinski definition) is 2. The fourth-order valence-electron chi connectivity index (χ4n) is 2.78. The number of imidazole rings is 1. The molecule has 0 spiro atoms. The second-order valence-electron chi connectivity index (χ2n) is 6.08. The van der Waals surface area contributed by atoms with Gasteiger partial charge in [0.1, 0.15) is 11.3 Å². The number of rotatable bonds is 4. The molecule has 4 aromatic rings. The molecule has 3 heterocycles. The van der Waals surface area contributed by atoms with Crippen LogP contribution in [0.25, 0.3) is 27.6 Å².